The molecule has 140 valence electrons. The number of esters is 1. The Morgan fingerprint density at radius 2 is 1.96 bits per heavy atom. The molecule has 0 bridgehead atoms. The van der Waals surface area contributed by atoms with Crippen molar-refractivity contribution in [2.45, 2.75) is 26.8 Å². The molecule has 2 aromatic heterocycles. The lowest BCUT2D eigenvalue weighted by Crippen LogP contribution is -2.17. The van der Waals surface area contributed by atoms with Crippen molar-refractivity contribution < 1.29 is 19.1 Å². The van der Waals surface area contributed by atoms with Crippen LogP contribution in [0.15, 0.2) is 18.3 Å². The number of ketones is 1. The van der Waals surface area contributed by atoms with E-state index in [0.717, 1.165) is 11.4 Å². The van der Waals surface area contributed by atoms with Gasteiger partial charge in [-0.05, 0) is 32.9 Å². The minimum Gasteiger partial charge on any atom is -0.454 e. The van der Waals surface area contributed by atoms with Crippen molar-refractivity contribution in [3.63, 3.8) is 0 Å². The highest BCUT2D eigenvalue weighted by molar-refractivity contribution is 6.41. The number of nitrogens with zero attached hydrogens (tertiary/aromatic N) is 2. The van der Waals surface area contributed by atoms with Crippen LogP contribution in [0.2, 0.25) is 10.2 Å². The molecule has 0 spiro atoms. The third kappa shape index (κ3) is 4.44. The summed E-state index contributed by atoms with van der Waals surface area (Å²) in [6, 6.07) is 3.23. The highest BCUT2D eigenvalue weighted by atomic mass is 35.5. The summed E-state index contributed by atoms with van der Waals surface area (Å²) < 4.78 is 12.3. The number of carbonyl (C=O) groups is 2. The van der Waals surface area contributed by atoms with E-state index in [4.69, 9.17) is 32.7 Å². The number of halogens is 2. The molecule has 0 saturated heterocycles. The largest absolute Gasteiger partial charge is 0.454 e. The Labute approximate surface area is 162 Å². The van der Waals surface area contributed by atoms with Crippen molar-refractivity contribution in [3.8, 4) is 0 Å². The minimum atomic E-state index is -0.689. The molecule has 2 rings (SSSR count). The highest BCUT2D eigenvalue weighted by Crippen LogP contribution is 2.22. The molecule has 6 nitrogen and oxygen atoms in total. The predicted molar refractivity (Wildman–Crippen MR) is 99.4 cm³/mol. The molecular weight excluding hydrogens is 379 g/mol. The lowest BCUT2D eigenvalue weighted by molar-refractivity contribution is 0.0474. The van der Waals surface area contributed by atoms with Gasteiger partial charge in [0.1, 0.15) is 5.15 Å². The van der Waals surface area contributed by atoms with E-state index < -0.39 is 5.97 Å². The molecule has 0 unspecified atom stereocenters. The number of ether oxygens (including phenoxy) is 2. The molecule has 0 fully saturated rings. The second kappa shape index (κ2) is 8.66. The summed E-state index contributed by atoms with van der Waals surface area (Å²) in [6.07, 6.45) is 1.25. The van der Waals surface area contributed by atoms with Gasteiger partial charge in [-0.15, -0.1) is 0 Å². The van der Waals surface area contributed by atoms with Crippen LogP contribution in [0, 0.1) is 13.8 Å². The van der Waals surface area contributed by atoms with Gasteiger partial charge in [0.25, 0.3) is 0 Å². The van der Waals surface area contributed by atoms with Crippen molar-refractivity contribution in [1.29, 1.82) is 0 Å². The second-order valence-electron chi connectivity index (χ2n) is 5.96. The number of hydrogen-bond acceptors (Lipinski definition) is 5. The van der Waals surface area contributed by atoms with Crippen LogP contribution < -0.4 is 0 Å². The van der Waals surface area contributed by atoms with E-state index in [2.05, 4.69) is 4.98 Å². The molecule has 0 saturated carbocycles. The van der Waals surface area contributed by atoms with Crippen molar-refractivity contribution >= 4 is 35.0 Å². The predicted octanol–water partition coefficient (Wildman–Crippen LogP) is 4.05. The molecule has 0 aromatic carbocycles. The van der Waals surface area contributed by atoms with Crippen LogP contribution in [0.1, 0.15) is 45.1 Å². The van der Waals surface area contributed by atoms with Crippen molar-refractivity contribution in [3.05, 3.63) is 51.0 Å². The quantitative estimate of drug-likeness (QED) is 0.399. The molecule has 0 aliphatic carbocycles. The van der Waals surface area contributed by atoms with Crippen molar-refractivity contribution in [2.75, 3.05) is 20.3 Å². The summed E-state index contributed by atoms with van der Waals surface area (Å²) in [5.41, 5.74) is 2.40. The average Bonchev–Trinajstić information content (AvgIpc) is 2.89. The summed E-state index contributed by atoms with van der Waals surface area (Å²) >= 11 is 11.5. The number of aromatic nitrogens is 2. The molecule has 2 heterocycles. The van der Waals surface area contributed by atoms with Crippen LogP contribution in [0.3, 0.4) is 0 Å². The smallest absolute Gasteiger partial charge is 0.340 e. The normalized spacial score (nSPS) is 12.1. The van der Waals surface area contributed by atoms with Gasteiger partial charge in [-0.3, -0.25) is 4.79 Å². The van der Waals surface area contributed by atoms with E-state index in [1.54, 1.807) is 13.2 Å². The highest BCUT2D eigenvalue weighted by Gasteiger charge is 2.20. The lowest BCUT2D eigenvalue weighted by atomic mass is 10.1. The van der Waals surface area contributed by atoms with Crippen molar-refractivity contribution in [1.82, 2.24) is 9.55 Å². The monoisotopic (exact) mass is 398 g/mol. The van der Waals surface area contributed by atoms with Gasteiger partial charge in [-0.2, -0.15) is 0 Å². The van der Waals surface area contributed by atoms with Crippen LogP contribution in [0.25, 0.3) is 0 Å². The lowest BCUT2D eigenvalue weighted by Gasteiger charge is -2.17. The van der Waals surface area contributed by atoms with Gasteiger partial charge in [-0.25, -0.2) is 9.78 Å². The van der Waals surface area contributed by atoms with Crippen LogP contribution >= 0.6 is 23.2 Å². The zero-order valence-corrected chi connectivity index (χ0v) is 16.5. The second-order valence-corrected chi connectivity index (χ2v) is 6.72. The first-order chi connectivity index (χ1) is 12.3. The van der Waals surface area contributed by atoms with E-state index >= 15 is 0 Å². The molecular formula is C18H20Cl2N2O4. The Morgan fingerprint density at radius 1 is 1.27 bits per heavy atom. The van der Waals surface area contributed by atoms with Gasteiger partial charge < -0.3 is 14.0 Å². The molecule has 1 atom stereocenters. The third-order valence-corrected chi connectivity index (χ3v) is 4.69. The van der Waals surface area contributed by atoms with Gasteiger partial charge in [-0.1, -0.05) is 23.2 Å². The molecule has 0 aliphatic rings. The molecule has 0 amide bonds. The van der Waals surface area contributed by atoms with E-state index in [1.807, 2.05) is 25.3 Å². The number of aryl methyl sites for hydroxylation is 1. The maximum Gasteiger partial charge on any atom is 0.340 e. The van der Waals surface area contributed by atoms with Gasteiger partial charge in [0.05, 0.1) is 23.2 Å². The summed E-state index contributed by atoms with van der Waals surface area (Å²) in [7, 11) is 1.63. The van der Waals surface area contributed by atoms with Crippen LogP contribution in [-0.2, 0) is 9.47 Å². The maximum absolute atomic E-state index is 12.5. The Balaban J connectivity index is 2.09. The number of carbonyl (C=O) groups excluding carboxylic acids is 2. The van der Waals surface area contributed by atoms with E-state index in [-0.39, 0.29) is 34.2 Å². The maximum atomic E-state index is 12.5. The number of hydrogen-bond donors (Lipinski definition) is 0. The average molecular weight is 399 g/mol. The molecule has 8 heteroatoms. The van der Waals surface area contributed by atoms with Crippen molar-refractivity contribution in [2.24, 2.45) is 0 Å². The number of pyridine rings is 1. The molecule has 0 aliphatic heterocycles. The van der Waals surface area contributed by atoms with E-state index in [1.165, 1.54) is 12.3 Å². The van der Waals surface area contributed by atoms with Crippen LogP contribution in [-0.4, -0.2) is 41.6 Å². The number of rotatable bonds is 7. The third-order valence-electron chi connectivity index (χ3n) is 4.00. The SMILES string of the molecule is COC[C@@H](C)n1c(C)cc(C(=O)COC(=O)c2cnc(Cl)c(Cl)c2)c1C. The fraction of sp³-hybridized carbons (Fsp3) is 0.389. The van der Waals surface area contributed by atoms with Crippen LogP contribution in [0.5, 0.6) is 0 Å². The first kappa shape index (κ1) is 20.4. The van der Waals surface area contributed by atoms with E-state index in [9.17, 15) is 9.59 Å². The number of Topliss-reactive ketones (excluding diaryl/α,β-unsaturated/α-hetero) is 1. The summed E-state index contributed by atoms with van der Waals surface area (Å²) in [4.78, 5) is 28.3. The Kier molecular flexibility index (Phi) is 6.81. The topological polar surface area (TPSA) is 70.4 Å². The summed E-state index contributed by atoms with van der Waals surface area (Å²) in [5.74, 6) is -0.971. The van der Waals surface area contributed by atoms with Gasteiger partial charge in [0.2, 0.25) is 5.78 Å². The minimum absolute atomic E-state index is 0.0892. The first-order valence-electron chi connectivity index (χ1n) is 7.95. The van der Waals surface area contributed by atoms with Gasteiger partial charge >= 0.3 is 5.97 Å². The summed E-state index contributed by atoms with van der Waals surface area (Å²) in [5, 5.41) is 0.236. The first-order valence-corrected chi connectivity index (χ1v) is 8.70. The Bertz CT molecular complexity index is 833. The molecule has 2 aromatic rings. The fourth-order valence-electron chi connectivity index (χ4n) is 2.88. The molecule has 26 heavy (non-hydrogen) atoms. The number of methoxy groups -OCH3 is 1. The van der Waals surface area contributed by atoms with Gasteiger partial charge in [0.15, 0.2) is 6.61 Å². The zero-order chi connectivity index (χ0) is 19.4. The van der Waals surface area contributed by atoms with Crippen LogP contribution in [0.4, 0.5) is 0 Å². The standard InChI is InChI=1S/C18H20Cl2N2O4/c1-10-5-14(12(3)22(10)11(2)8-25-4)16(23)9-26-18(24)13-6-15(19)17(20)21-7-13/h5-7,11H,8-9H2,1-4H3/t11-/m1/s1. The Morgan fingerprint density at radius 3 is 2.58 bits per heavy atom. The summed E-state index contributed by atoms with van der Waals surface area (Å²) in [6.45, 7) is 5.95. The fourth-order valence-corrected chi connectivity index (χ4v) is 3.15. The molecule has 0 radical (unpaired) electrons. The zero-order valence-electron chi connectivity index (χ0n) is 15.0. The van der Waals surface area contributed by atoms with Gasteiger partial charge in [0, 0.05) is 30.3 Å². The van der Waals surface area contributed by atoms with E-state index in [0.29, 0.717) is 12.2 Å². The Hall–Kier alpha value is -1.89. The molecule has 0 N–H and O–H groups in total.